The molecule has 0 radical (unpaired) electrons. The molecule has 1 aliphatic heterocycles. The lowest BCUT2D eigenvalue weighted by molar-refractivity contribution is -0.132. The van der Waals surface area contributed by atoms with Crippen LogP contribution in [0.1, 0.15) is 31.2 Å². The van der Waals surface area contributed by atoms with Gasteiger partial charge in [0.15, 0.2) is 0 Å². The van der Waals surface area contributed by atoms with Gasteiger partial charge in [0.1, 0.15) is 11.6 Å². The van der Waals surface area contributed by atoms with E-state index in [2.05, 4.69) is 28.3 Å². The van der Waals surface area contributed by atoms with Crippen molar-refractivity contribution in [2.45, 2.75) is 32.7 Å². The molecule has 0 aliphatic carbocycles. The normalized spacial score (nSPS) is 15.6. The molecule has 0 unspecified atom stereocenters. The standard InChI is InChI=1S/C20H27FN4O/c1-16(2)20-22-7-8-25(20)14-11-23-9-12-24(13-10-23)19(26)15-17-3-5-18(21)6-4-17/h3-8,16H,9-15H2,1-2H3. The monoisotopic (exact) mass is 358 g/mol. The van der Waals surface area contributed by atoms with Crippen LogP contribution in [0.25, 0.3) is 0 Å². The number of carbonyl (C=O) groups excluding carboxylic acids is 1. The molecule has 6 heteroatoms. The fraction of sp³-hybridized carbons (Fsp3) is 0.500. The molecule has 0 bridgehead atoms. The molecular weight excluding hydrogens is 331 g/mol. The summed E-state index contributed by atoms with van der Waals surface area (Å²) >= 11 is 0. The zero-order valence-electron chi connectivity index (χ0n) is 15.6. The second kappa shape index (κ2) is 8.45. The van der Waals surface area contributed by atoms with E-state index < -0.39 is 0 Å². The fourth-order valence-electron chi connectivity index (χ4n) is 3.37. The van der Waals surface area contributed by atoms with E-state index in [4.69, 9.17) is 0 Å². The molecule has 1 fully saturated rings. The molecule has 3 rings (SSSR count). The van der Waals surface area contributed by atoms with Crippen molar-refractivity contribution < 1.29 is 9.18 Å². The summed E-state index contributed by atoms with van der Waals surface area (Å²) in [6, 6.07) is 6.17. The van der Waals surface area contributed by atoms with E-state index in [-0.39, 0.29) is 11.7 Å². The van der Waals surface area contributed by atoms with Crippen LogP contribution in [0.4, 0.5) is 4.39 Å². The first kappa shape index (κ1) is 18.6. The predicted octanol–water partition coefficient (Wildman–Crippen LogP) is 2.53. The van der Waals surface area contributed by atoms with E-state index >= 15 is 0 Å². The quantitative estimate of drug-likeness (QED) is 0.797. The second-order valence-corrected chi connectivity index (χ2v) is 7.16. The second-order valence-electron chi connectivity index (χ2n) is 7.16. The summed E-state index contributed by atoms with van der Waals surface area (Å²) in [5.41, 5.74) is 0.861. The number of rotatable bonds is 6. The Balaban J connectivity index is 1.44. The lowest BCUT2D eigenvalue weighted by Crippen LogP contribution is -2.49. The molecule has 1 aromatic carbocycles. The fourth-order valence-corrected chi connectivity index (χ4v) is 3.37. The highest BCUT2D eigenvalue weighted by Crippen LogP contribution is 2.12. The Kier molecular flexibility index (Phi) is 6.04. The van der Waals surface area contributed by atoms with Gasteiger partial charge in [-0.15, -0.1) is 0 Å². The third kappa shape index (κ3) is 4.69. The number of amides is 1. The molecular formula is C20H27FN4O. The summed E-state index contributed by atoms with van der Waals surface area (Å²) in [6.45, 7) is 9.49. The molecule has 2 heterocycles. The molecule has 1 aliphatic rings. The largest absolute Gasteiger partial charge is 0.340 e. The van der Waals surface area contributed by atoms with E-state index in [1.165, 1.54) is 12.1 Å². The Morgan fingerprint density at radius 2 is 1.81 bits per heavy atom. The summed E-state index contributed by atoms with van der Waals surface area (Å²) in [5, 5.41) is 0. The van der Waals surface area contributed by atoms with Crippen LogP contribution >= 0.6 is 0 Å². The number of halogens is 1. The summed E-state index contributed by atoms with van der Waals surface area (Å²) in [5.74, 6) is 1.39. The van der Waals surface area contributed by atoms with Gasteiger partial charge in [0, 0.05) is 57.6 Å². The van der Waals surface area contributed by atoms with Crippen molar-refractivity contribution in [1.82, 2.24) is 19.4 Å². The summed E-state index contributed by atoms with van der Waals surface area (Å²) in [4.78, 5) is 21.2. The zero-order chi connectivity index (χ0) is 18.5. The highest BCUT2D eigenvalue weighted by molar-refractivity contribution is 5.78. The zero-order valence-corrected chi connectivity index (χ0v) is 15.6. The highest BCUT2D eigenvalue weighted by Gasteiger charge is 2.21. The first-order valence-corrected chi connectivity index (χ1v) is 9.28. The van der Waals surface area contributed by atoms with Crippen molar-refractivity contribution in [3.05, 3.63) is 53.9 Å². The number of benzene rings is 1. The van der Waals surface area contributed by atoms with Crippen molar-refractivity contribution in [3.8, 4) is 0 Å². The van der Waals surface area contributed by atoms with Crippen LogP contribution in [0.15, 0.2) is 36.7 Å². The van der Waals surface area contributed by atoms with Crippen LogP contribution in [0.2, 0.25) is 0 Å². The first-order chi connectivity index (χ1) is 12.5. The molecule has 140 valence electrons. The predicted molar refractivity (Wildman–Crippen MR) is 99.4 cm³/mol. The number of hydrogen-bond donors (Lipinski definition) is 0. The number of aromatic nitrogens is 2. The smallest absolute Gasteiger partial charge is 0.227 e. The molecule has 5 nitrogen and oxygen atoms in total. The van der Waals surface area contributed by atoms with Crippen molar-refractivity contribution in [2.75, 3.05) is 32.7 Å². The maximum Gasteiger partial charge on any atom is 0.227 e. The van der Waals surface area contributed by atoms with Gasteiger partial charge in [-0.25, -0.2) is 9.37 Å². The number of hydrogen-bond acceptors (Lipinski definition) is 3. The SMILES string of the molecule is CC(C)c1nccn1CCN1CCN(C(=O)Cc2ccc(F)cc2)CC1. The van der Waals surface area contributed by atoms with Gasteiger partial charge in [0.05, 0.1) is 6.42 Å². The van der Waals surface area contributed by atoms with Crippen LogP contribution in [0, 0.1) is 5.82 Å². The lowest BCUT2D eigenvalue weighted by atomic mass is 10.1. The molecule has 0 saturated carbocycles. The van der Waals surface area contributed by atoms with Gasteiger partial charge in [-0.1, -0.05) is 26.0 Å². The molecule has 1 saturated heterocycles. The molecule has 0 atom stereocenters. The molecule has 1 amide bonds. The van der Waals surface area contributed by atoms with Crippen LogP contribution in [0.5, 0.6) is 0 Å². The Hall–Kier alpha value is -2.21. The first-order valence-electron chi connectivity index (χ1n) is 9.28. The molecule has 0 spiro atoms. The summed E-state index contributed by atoms with van der Waals surface area (Å²) < 4.78 is 15.2. The average molecular weight is 358 g/mol. The third-order valence-electron chi connectivity index (χ3n) is 4.91. The third-order valence-corrected chi connectivity index (χ3v) is 4.91. The van der Waals surface area contributed by atoms with E-state index in [9.17, 15) is 9.18 Å². The number of carbonyl (C=O) groups is 1. The van der Waals surface area contributed by atoms with Crippen molar-refractivity contribution in [1.29, 1.82) is 0 Å². The summed E-state index contributed by atoms with van der Waals surface area (Å²) in [7, 11) is 0. The van der Waals surface area contributed by atoms with E-state index in [1.807, 2.05) is 17.3 Å². The minimum Gasteiger partial charge on any atom is -0.340 e. The number of piperazine rings is 1. The van der Waals surface area contributed by atoms with Gasteiger partial charge in [0.2, 0.25) is 5.91 Å². The molecule has 2 aromatic rings. The maximum absolute atomic E-state index is 13.0. The number of imidazole rings is 1. The average Bonchev–Trinajstić information content (AvgIpc) is 3.11. The van der Waals surface area contributed by atoms with Gasteiger partial charge in [-0.2, -0.15) is 0 Å². The Morgan fingerprint density at radius 1 is 1.12 bits per heavy atom. The lowest BCUT2D eigenvalue weighted by Gasteiger charge is -2.35. The van der Waals surface area contributed by atoms with Gasteiger partial charge in [0.25, 0.3) is 0 Å². The molecule has 1 aromatic heterocycles. The van der Waals surface area contributed by atoms with Crippen LogP contribution in [0.3, 0.4) is 0 Å². The van der Waals surface area contributed by atoms with Crippen molar-refractivity contribution >= 4 is 5.91 Å². The molecule has 0 N–H and O–H groups in total. The maximum atomic E-state index is 13.0. The van der Waals surface area contributed by atoms with Crippen LogP contribution < -0.4 is 0 Å². The van der Waals surface area contributed by atoms with Crippen molar-refractivity contribution in [2.24, 2.45) is 0 Å². The van der Waals surface area contributed by atoms with Gasteiger partial charge < -0.3 is 9.47 Å². The Labute approximate surface area is 154 Å². The van der Waals surface area contributed by atoms with Crippen molar-refractivity contribution in [3.63, 3.8) is 0 Å². The van der Waals surface area contributed by atoms with Crippen LogP contribution in [-0.4, -0.2) is 58.0 Å². The van der Waals surface area contributed by atoms with E-state index in [1.54, 1.807) is 12.1 Å². The van der Waals surface area contributed by atoms with Gasteiger partial charge in [-0.3, -0.25) is 9.69 Å². The van der Waals surface area contributed by atoms with Gasteiger partial charge >= 0.3 is 0 Å². The topological polar surface area (TPSA) is 41.4 Å². The minimum atomic E-state index is -0.270. The van der Waals surface area contributed by atoms with E-state index in [0.717, 1.165) is 50.7 Å². The van der Waals surface area contributed by atoms with Crippen LogP contribution in [-0.2, 0) is 17.8 Å². The van der Waals surface area contributed by atoms with Gasteiger partial charge in [-0.05, 0) is 17.7 Å². The molecule has 26 heavy (non-hydrogen) atoms. The van der Waals surface area contributed by atoms with E-state index in [0.29, 0.717) is 12.3 Å². The highest BCUT2D eigenvalue weighted by atomic mass is 19.1. The Morgan fingerprint density at radius 3 is 2.46 bits per heavy atom. The summed E-state index contributed by atoms with van der Waals surface area (Å²) in [6.07, 6.45) is 4.24. The number of nitrogens with zero attached hydrogens (tertiary/aromatic N) is 4. The minimum absolute atomic E-state index is 0.118. The Bertz CT molecular complexity index is 718.